The molecule has 0 fully saturated rings. The lowest BCUT2D eigenvalue weighted by Gasteiger charge is -2.32. The molecule has 0 aliphatic carbocycles. The molecule has 1 atom stereocenters. The Morgan fingerprint density at radius 3 is 2.59 bits per heavy atom. The summed E-state index contributed by atoms with van der Waals surface area (Å²) < 4.78 is 5.96. The van der Waals surface area contributed by atoms with Gasteiger partial charge in [-0.05, 0) is 49.4 Å². The minimum atomic E-state index is -1.03. The van der Waals surface area contributed by atoms with Crippen molar-refractivity contribution in [2.75, 3.05) is 0 Å². The number of amides is 1. The van der Waals surface area contributed by atoms with Crippen LogP contribution in [0.3, 0.4) is 0 Å². The molecule has 0 radical (unpaired) electrons. The number of aryl methyl sites for hydroxylation is 1. The highest BCUT2D eigenvalue weighted by Crippen LogP contribution is 2.33. The van der Waals surface area contributed by atoms with Crippen molar-refractivity contribution in [3.8, 4) is 5.75 Å². The molecule has 0 bridgehead atoms. The summed E-state index contributed by atoms with van der Waals surface area (Å²) in [4.78, 5) is 23.9. The number of nitrogens with one attached hydrogen (secondary N) is 1. The van der Waals surface area contributed by atoms with Crippen LogP contribution < -0.4 is 10.1 Å². The SMILES string of the molecule is CC1(C)CCc2cc(CC(=O)NC(Cc3ccccc3)C(=O)O)ccc2O1. The summed E-state index contributed by atoms with van der Waals surface area (Å²) in [5, 5.41) is 12.1. The van der Waals surface area contributed by atoms with Gasteiger partial charge >= 0.3 is 5.97 Å². The van der Waals surface area contributed by atoms with Gasteiger partial charge in [0.15, 0.2) is 0 Å². The second kappa shape index (κ2) is 7.82. The van der Waals surface area contributed by atoms with Crippen molar-refractivity contribution in [1.82, 2.24) is 5.32 Å². The van der Waals surface area contributed by atoms with Crippen LogP contribution in [0.5, 0.6) is 5.75 Å². The van der Waals surface area contributed by atoms with Crippen LogP contribution in [0.1, 0.15) is 37.0 Å². The van der Waals surface area contributed by atoms with Gasteiger partial charge in [0, 0.05) is 6.42 Å². The highest BCUT2D eigenvalue weighted by Gasteiger charge is 2.27. The predicted molar refractivity (Wildman–Crippen MR) is 103 cm³/mol. The highest BCUT2D eigenvalue weighted by molar-refractivity contribution is 5.85. The number of fused-ring (bicyclic) bond motifs is 1. The van der Waals surface area contributed by atoms with Crippen molar-refractivity contribution in [2.45, 2.75) is 51.2 Å². The van der Waals surface area contributed by atoms with Gasteiger partial charge in [-0.3, -0.25) is 4.79 Å². The van der Waals surface area contributed by atoms with Crippen molar-refractivity contribution in [3.05, 3.63) is 65.2 Å². The molecule has 3 rings (SSSR count). The van der Waals surface area contributed by atoms with E-state index in [0.717, 1.165) is 35.3 Å². The van der Waals surface area contributed by atoms with Crippen LogP contribution in [0.15, 0.2) is 48.5 Å². The van der Waals surface area contributed by atoms with Crippen molar-refractivity contribution < 1.29 is 19.4 Å². The Kier molecular flexibility index (Phi) is 5.49. The standard InChI is InChI=1S/C22H25NO4/c1-22(2)11-10-17-12-16(8-9-19(17)27-22)14-20(24)23-18(21(25)26)13-15-6-4-3-5-7-15/h3-9,12,18H,10-11,13-14H2,1-2H3,(H,23,24)(H,25,26). The zero-order valence-electron chi connectivity index (χ0n) is 15.7. The van der Waals surface area contributed by atoms with Crippen LogP contribution in [-0.2, 0) is 28.9 Å². The Hall–Kier alpha value is -2.82. The van der Waals surface area contributed by atoms with Gasteiger partial charge in [0.1, 0.15) is 17.4 Å². The Morgan fingerprint density at radius 2 is 1.89 bits per heavy atom. The summed E-state index contributed by atoms with van der Waals surface area (Å²) in [7, 11) is 0. The summed E-state index contributed by atoms with van der Waals surface area (Å²) in [6, 6.07) is 14.1. The summed E-state index contributed by atoms with van der Waals surface area (Å²) in [5.41, 5.74) is 2.66. The zero-order valence-corrected chi connectivity index (χ0v) is 15.7. The fourth-order valence-electron chi connectivity index (χ4n) is 3.30. The first kappa shape index (κ1) is 19.0. The molecule has 5 heteroatoms. The number of hydrogen-bond acceptors (Lipinski definition) is 3. The molecule has 1 unspecified atom stereocenters. The molecule has 0 aromatic heterocycles. The fourth-order valence-corrected chi connectivity index (χ4v) is 3.30. The summed E-state index contributed by atoms with van der Waals surface area (Å²) >= 11 is 0. The van der Waals surface area contributed by atoms with Crippen molar-refractivity contribution >= 4 is 11.9 Å². The Bertz CT molecular complexity index is 829. The van der Waals surface area contributed by atoms with E-state index in [1.165, 1.54) is 0 Å². The first-order chi connectivity index (χ1) is 12.8. The van der Waals surface area contributed by atoms with E-state index in [-0.39, 0.29) is 24.3 Å². The number of benzene rings is 2. The van der Waals surface area contributed by atoms with E-state index < -0.39 is 12.0 Å². The molecular weight excluding hydrogens is 342 g/mol. The van der Waals surface area contributed by atoms with E-state index in [1.807, 2.05) is 48.5 Å². The molecule has 0 spiro atoms. The lowest BCUT2D eigenvalue weighted by Crippen LogP contribution is -2.43. The number of ether oxygens (including phenoxy) is 1. The molecule has 0 saturated heterocycles. The van der Waals surface area contributed by atoms with Crippen molar-refractivity contribution in [1.29, 1.82) is 0 Å². The molecule has 27 heavy (non-hydrogen) atoms. The molecule has 1 aliphatic rings. The third-order valence-corrected chi connectivity index (χ3v) is 4.79. The minimum absolute atomic E-state index is 0.148. The van der Waals surface area contributed by atoms with Crippen LogP contribution in [0.4, 0.5) is 0 Å². The van der Waals surface area contributed by atoms with Gasteiger partial charge < -0.3 is 15.2 Å². The maximum atomic E-state index is 12.4. The average Bonchev–Trinajstić information content (AvgIpc) is 2.61. The first-order valence-corrected chi connectivity index (χ1v) is 9.19. The molecule has 2 N–H and O–H groups in total. The topological polar surface area (TPSA) is 75.6 Å². The molecule has 1 heterocycles. The van der Waals surface area contributed by atoms with Gasteiger partial charge in [0.25, 0.3) is 0 Å². The predicted octanol–water partition coefficient (Wildman–Crippen LogP) is 3.14. The van der Waals surface area contributed by atoms with E-state index >= 15 is 0 Å². The van der Waals surface area contributed by atoms with Crippen molar-refractivity contribution in [3.63, 3.8) is 0 Å². The van der Waals surface area contributed by atoms with Crippen LogP contribution in [0.2, 0.25) is 0 Å². The van der Waals surface area contributed by atoms with Crippen LogP contribution in [-0.4, -0.2) is 28.6 Å². The van der Waals surface area contributed by atoms with Gasteiger partial charge in [-0.15, -0.1) is 0 Å². The Balaban J connectivity index is 1.63. The molecular formula is C22H25NO4. The molecule has 1 aliphatic heterocycles. The lowest BCUT2D eigenvalue weighted by molar-refractivity contribution is -0.141. The van der Waals surface area contributed by atoms with Crippen LogP contribution in [0.25, 0.3) is 0 Å². The monoisotopic (exact) mass is 367 g/mol. The summed E-state index contributed by atoms with van der Waals surface area (Å²) in [5.74, 6) is -0.466. The van der Waals surface area contributed by atoms with E-state index in [9.17, 15) is 14.7 Å². The smallest absolute Gasteiger partial charge is 0.326 e. The fraction of sp³-hybridized carbons (Fsp3) is 0.364. The number of hydrogen-bond donors (Lipinski definition) is 2. The number of carboxylic acid groups (broad SMARTS) is 1. The second-order valence-electron chi connectivity index (χ2n) is 7.63. The normalized spacial score (nSPS) is 15.9. The molecule has 5 nitrogen and oxygen atoms in total. The van der Waals surface area contributed by atoms with E-state index in [1.54, 1.807) is 0 Å². The third-order valence-electron chi connectivity index (χ3n) is 4.79. The van der Waals surface area contributed by atoms with E-state index in [0.29, 0.717) is 0 Å². The van der Waals surface area contributed by atoms with Gasteiger partial charge in [-0.2, -0.15) is 0 Å². The molecule has 142 valence electrons. The number of carbonyl (C=O) groups is 2. The van der Waals surface area contributed by atoms with E-state index in [4.69, 9.17) is 4.74 Å². The second-order valence-corrected chi connectivity index (χ2v) is 7.63. The Labute approximate surface area is 159 Å². The third kappa shape index (κ3) is 5.09. The molecule has 2 aromatic carbocycles. The Morgan fingerprint density at radius 1 is 1.15 bits per heavy atom. The molecule has 1 amide bonds. The molecule has 0 saturated carbocycles. The largest absolute Gasteiger partial charge is 0.488 e. The van der Waals surface area contributed by atoms with E-state index in [2.05, 4.69) is 19.2 Å². The van der Waals surface area contributed by atoms with Gasteiger partial charge in [-0.1, -0.05) is 42.5 Å². The van der Waals surface area contributed by atoms with Crippen LogP contribution >= 0.6 is 0 Å². The highest BCUT2D eigenvalue weighted by atomic mass is 16.5. The first-order valence-electron chi connectivity index (χ1n) is 9.19. The quantitative estimate of drug-likeness (QED) is 0.822. The molecule has 2 aromatic rings. The summed E-state index contributed by atoms with van der Waals surface area (Å²) in [6.45, 7) is 4.13. The maximum absolute atomic E-state index is 12.4. The number of aliphatic carboxylic acids is 1. The minimum Gasteiger partial charge on any atom is -0.488 e. The lowest BCUT2D eigenvalue weighted by atomic mass is 9.93. The van der Waals surface area contributed by atoms with Gasteiger partial charge in [-0.25, -0.2) is 4.79 Å². The number of carbonyl (C=O) groups excluding carboxylic acids is 1. The maximum Gasteiger partial charge on any atom is 0.326 e. The van der Waals surface area contributed by atoms with Crippen LogP contribution in [0, 0.1) is 0 Å². The summed E-state index contributed by atoms with van der Waals surface area (Å²) in [6.07, 6.45) is 2.24. The number of rotatable bonds is 6. The van der Waals surface area contributed by atoms with Gasteiger partial charge in [0.05, 0.1) is 6.42 Å². The number of carboxylic acids is 1. The zero-order chi connectivity index (χ0) is 19.4. The van der Waals surface area contributed by atoms with Gasteiger partial charge in [0.2, 0.25) is 5.91 Å². The average molecular weight is 367 g/mol. The van der Waals surface area contributed by atoms with Crippen molar-refractivity contribution in [2.24, 2.45) is 0 Å².